The monoisotopic (exact) mass is 415 g/mol. The van der Waals surface area contributed by atoms with E-state index in [0.29, 0.717) is 28.3 Å². The van der Waals surface area contributed by atoms with Gasteiger partial charge in [-0.3, -0.25) is 5.32 Å². The number of nitrogens with zero attached hydrogens (tertiary/aromatic N) is 5. The average molecular weight is 415 g/mol. The van der Waals surface area contributed by atoms with Crippen LogP contribution in [-0.2, 0) is 6.54 Å². The van der Waals surface area contributed by atoms with Crippen LogP contribution in [-0.4, -0.2) is 36.5 Å². The summed E-state index contributed by atoms with van der Waals surface area (Å²) in [7, 11) is 0. The Kier molecular flexibility index (Phi) is 4.65. The molecule has 4 rings (SSSR count). The number of benzene rings is 1. The summed E-state index contributed by atoms with van der Waals surface area (Å²) < 4.78 is 41.1. The van der Waals surface area contributed by atoms with E-state index in [9.17, 15) is 18.0 Å². The Morgan fingerprint density at radius 1 is 1.20 bits per heavy atom. The number of anilines is 1. The minimum atomic E-state index is -4.40. The molecule has 3 N–H and O–H groups in total. The fourth-order valence-electron chi connectivity index (χ4n) is 3.18. The van der Waals surface area contributed by atoms with Crippen molar-refractivity contribution >= 4 is 23.0 Å². The normalized spacial score (nSPS) is 11.7. The Balaban J connectivity index is 1.86. The van der Waals surface area contributed by atoms with E-state index in [4.69, 9.17) is 5.73 Å². The van der Waals surface area contributed by atoms with Gasteiger partial charge in [0.25, 0.3) is 0 Å². The molecule has 1 aromatic carbocycles. The van der Waals surface area contributed by atoms with Gasteiger partial charge in [0.05, 0.1) is 23.2 Å². The lowest BCUT2D eigenvalue weighted by molar-refractivity contribution is -0.139. The van der Waals surface area contributed by atoms with E-state index in [1.807, 2.05) is 18.2 Å². The maximum atomic E-state index is 12.9. The first kappa shape index (κ1) is 19.4. The molecule has 30 heavy (non-hydrogen) atoms. The molecule has 0 radical (unpaired) electrons. The van der Waals surface area contributed by atoms with E-state index in [0.717, 1.165) is 10.9 Å². The zero-order chi connectivity index (χ0) is 21.5. The van der Waals surface area contributed by atoms with E-state index in [1.165, 1.54) is 10.9 Å². The molecule has 0 unspecified atom stereocenters. The predicted molar refractivity (Wildman–Crippen MR) is 104 cm³/mol. The summed E-state index contributed by atoms with van der Waals surface area (Å²) in [5.41, 5.74) is 7.90. The van der Waals surface area contributed by atoms with Crippen molar-refractivity contribution < 1.29 is 18.0 Å². The van der Waals surface area contributed by atoms with E-state index >= 15 is 0 Å². The van der Waals surface area contributed by atoms with Gasteiger partial charge in [-0.25, -0.2) is 19.4 Å². The number of urea groups is 1. The van der Waals surface area contributed by atoms with Gasteiger partial charge in [-0.05, 0) is 25.1 Å². The number of amides is 2. The molecule has 0 saturated carbocycles. The molecule has 154 valence electrons. The topological polar surface area (TPSA) is 104 Å². The highest BCUT2D eigenvalue weighted by molar-refractivity contribution is 5.90. The minimum absolute atomic E-state index is 0.193. The summed E-state index contributed by atoms with van der Waals surface area (Å²) >= 11 is 0. The molecule has 8 nitrogen and oxygen atoms in total. The van der Waals surface area contributed by atoms with Crippen molar-refractivity contribution in [2.24, 2.45) is 5.73 Å². The van der Waals surface area contributed by atoms with Gasteiger partial charge < -0.3 is 10.3 Å². The highest BCUT2D eigenvalue weighted by Gasteiger charge is 2.29. The highest BCUT2D eigenvalue weighted by Crippen LogP contribution is 2.31. The summed E-state index contributed by atoms with van der Waals surface area (Å²) in [6, 6.07) is 9.82. The van der Waals surface area contributed by atoms with Crippen molar-refractivity contribution in [2.45, 2.75) is 19.6 Å². The van der Waals surface area contributed by atoms with Gasteiger partial charge >= 0.3 is 12.2 Å². The molecule has 0 aliphatic carbocycles. The van der Waals surface area contributed by atoms with Gasteiger partial charge in [-0.1, -0.05) is 18.2 Å². The van der Waals surface area contributed by atoms with Crippen LogP contribution in [0.25, 0.3) is 28.1 Å². The molecule has 11 heteroatoms. The zero-order valence-corrected chi connectivity index (χ0v) is 15.7. The lowest BCUT2D eigenvalue weighted by Crippen LogP contribution is -2.21. The van der Waals surface area contributed by atoms with Gasteiger partial charge in [-0.15, -0.1) is 0 Å². The SMILES string of the molecule is Cc1c(-c2cnc3ncn(CC(F)(F)F)c3c2)nn(-c2ccccc2)c1NC(N)=O. The van der Waals surface area contributed by atoms with Crippen LogP contribution in [0.1, 0.15) is 5.56 Å². The van der Waals surface area contributed by atoms with Gasteiger partial charge in [-0.2, -0.15) is 18.3 Å². The van der Waals surface area contributed by atoms with E-state index in [1.54, 1.807) is 25.1 Å². The van der Waals surface area contributed by atoms with Crippen molar-refractivity contribution in [3.05, 3.63) is 54.5 Å². The Morgan fingerprint density at radius 3 is 2.60 bits per heavy atom. The summed E-state index contributed by atoms with van der Waals surface area (Å²) in [5, 5.41) is 7.11. The lowest BCUT2D eigenvalue weighted by Gasteiger charge is -2.08. The van der Waals surface area contributed by atoms with Gasteiger partial charge in [0.1, 0.15) is 12.4 Å². The number of carbonyl (C=O) groups is 1. The van der Waals surface area contributed by atoms with E-state index in [2.05, 4.69) is 20.4 Å². The quantitative estimate of drug-likeness (QED) is 0.531. The third-order valence-corrected chi connectivity index (χ3v) is 4.46. The molecular weight excluding hydrogens is 399 g/mol. The number of hydrogen-bond donors (Lipinski definition) is 2. The van der Waals surface area contributed by atoms with Crippen molar-refractivity contribution in [3.8, 4) is 16.9 Å². The first-order valence-corrected chi connectivity index (χ1v) is 8.82. The van der Waals surface area contributed by atoms with Gasteiger partial charge in [0, 0.05) is 17.3 Å². The largest absolute Gasteiger partial charge is 0.406 e. The molecule has 2 amide bonds. The smallest absolute Gasteiger partial charge is 0.351 e. The maximum Gasteiger partial charge on any atom is 0.406 e. The first-order chi connectivity index (χ1) is 14.2. The zero-order valence-electron chi connectivity index (χ0n) is 15.7. The van der Waals surface area contributed by atoms with Gasteiger partial charge in [0.15, 0.2) is 5.65 Å². The van der Waals surface area contributed by atoms with Crippen LogP contribution in [0, 0.1) is 6.92 Å². The van der Waals surface area contributed by atoms with Crippen LogP contribution in [0.4, 0.5) is 23.8 Å². The second-order valence-electron chi connectivity index (χ2n) is 6.61. The molecular formula is C19H16F3N7O. The number of primary amides is 1. The van der Waals surface area contributed by atoms with Gasteiger partial charge in [0.2, 0.25) is 0 Å². The lowest BCUT2D eigenvalue weighted by atomic mass is 10.1. The van der Waals surface area contributed by atoms with Crippen molar-refractivity contribution in [1.82, 2.24) is 24.3 Å². The van der Waals surface area contributed by atoms with Crippen LogP contribution in [0.5, 0.6) is 0 Å². The molecule has 0 atom stereocenters. The number of pyridine rings is 1. The second-order valence-corrected chi connectivity index (χ2v) is 6.61. The number of para-hydroxylation sites is 1. The van der Waals surface area contributed by atoms with E-state index in [-0.39, 0.29) is 11.2 Å². The molecule has 0 aliphatic heterocycles. The Labute approximate surface area is 168 Å². The number of halogens is 3. The van der Waals surface area contributed by atoms with Crippen molar-refractivity contribution in [3.63, 3.8) is 0 Å². The van der Waals surface area contributed by atoms with Crippen LogP contribution in [0.2, 0.25) is 0 Å². The molecule has 3 heterocycles. The van der Waals surface area contributed by atoms with Crippen LogP contribution in [0.15, 0.2) is 48.9 Å². The number of rotatable bonds is 4. The number of nitrogens with one attached hydrogen (secondary N) is 1. The second kappa shape index (κ2) is 7.17. The van der Waals surface area contributed by atoms with Crippen molar-refractivity contribution in [2.75, 3.05) is 5.32 Å². The molecule has 3 aromatic heterocycles. The maximum absolute atomic E-state index is 12.9. The number of imidazole rings is 1. The summed E-state index contributed by atoms with van der Waals surface area (Å²) in [4.78, 5) is 19.6. The van der Waals surface area contributed by atoms with Crippen LogP contribution >= 0.6 is 0 Å². The fraction of sp³-hybridized carbons (Fsp3) is 0.158. The van der Waals surface area contributed by atoms with E-state index < -0.39 is 18.8 Å². The third kappa shape index (κ3) is 3.69. The number of aromatic nitrogens is 5. The minimum Gasteiger partial charge on any atom is -0.351 e. The first-order valence-electron chi connectivity index (χ1n) is 8.82. The molecule has 4 aromatic rings. The van der Waals surface area contributed by atoms with Crippen LogP contribution < -0.4 is 11.1 Å². The van der Waals surface area contributed by atoms with Crippen LogP contribution in [0.3, 0.4) is 0 Å². The third-order valence-electron chi connectivity index (χ3n) is 4.46. The molecule has 0 bridgehead atoms. The Morgan fingerprint density at radius 2 is 1.93 bits per heavy atom. The molecule has 0 spiro atoms. The fourth-order valence-corrected chi connectivity index (χ4v) is 3.18. The number of hydrogen-bond acceptors (Lipinski definition) is 4. The number of nitrogens with two attached hydrogens (primary N) is 1. The van der Waals surface area contributed by atoms with Crippen molar-refractivity contribution in [1.29, 1.82) is 0 Å². The highest BCUT2D eigenvalue weighted by atomic mass is 19.4. The standard InChI is InChI=1S/C19H16F3N7O/c1-11-15(27-29(17(11)26-18(23)30)13-5-3-2-4-6-13)12-7-14-16(24-8-12)25-10-28(14)9-19(20,21)22/h2-8,10H,9H2,1H3,(H3,23,26,30). The molecule has 0 aliphatic rings. The average Bonchev–Trinajstić information content (AvgIpc) is 3.22. The molecule has 0 saturated heterocycles. The predicted octanol–water partition coefficient (Wildman–Crippen LogP) is 3.65. The summed E-state index contributed by atoms with van der Waals surface area (Å²) in [6.07, 6.45) is -1.82. The number of carbonyl (C=O) groups excluding carboxylic acids is 1. The Hall–Kier alpha value is -3.89. The molecule has 0 fully saturated rings. The number of fused-ring (bicyclic) bond motifs is 1. The summed E-state index contributed by atoms with van der Waals surface area (Å²) in [5.74, 6) is 0.354. The Bertz CT molecular complexity index is 1230. The summed E-state index contributed by atoms with van der Waals surface area (Å²) in [6.45, 7) is 0.546. The number of alkyl halides is 3.